The summed E-state index contributed by atoms with van der Waals surface area (Å²) in [5.41, 5.74) is 5.87. The zero-order chi connectivity index (χ0) is 15.7. The van der Waals surface area contributed by atoms with Crippen LogP contribution in [0.5, 0.6) is 5.75 Å². The monoisotopic (exact) mass is 308 g/mol. The summed E-state index contributed by atoms with van der Waals surface area (Å²) in [6.45, 7) is -0.155. The summed E-state index contributed by atoms with van der Waals surface area (Å²) in [4.78, 5) is 0. The Kier molecular flexibility index (Phi) is 3.36. The fourth-order valence-corrected chi connectivity index (χ4v) is 2.02. The minimum Gasteiger partial charge on any atom is -0.485 e. The number of hydrogen-bond acceptors (Lipinski definition) is 4. The van der Waals surface area contributed by atoms with E-state index in [0.29, 0.717) is 17.2 Å². The molecule has 0 aliphatic heterocycles. The van der Waals surface area contributed by atoms with Gasteiger partial charge in [-0.05, 0) is 24.3 Å². The first-order valence-corrected chi connectivity index (χ1v) is 6.33. The predicted molar refractivity (Wildman–Crippen MR) is 73.2 cm³/mol. The van der Waals surface area contributed by atoms with Crippen molar-refractivity contribution < 1.29 is 17.9 Å². The lowest BCUT2D eigenvalue weighted by molar-refractivity contribution is -0.139. The van der Waals surface area contributed by atoms with Crippen molar-refractivity contribution >= 4 is 11.3 Å². The molecule has 2 aromatic heterocycles. The number of halogens is 3. The molecular formula is C14H11F3N4O. The lowest BCUT2D eigenvalue weighted by Gasteiger charge is -2.13. The van der Waals surface area contributed by atoms with E-state index in [1.165, 1.54) is 18.2 Å². The van der Waals surface area contributed by atoms with E-state index in [9.17, 15) is 13.2 Å². The van der Waals surface area contributed by atoms with Gasteiger partial charge in [0.15, 0.2) is 11.5 Å². The molecular weight excluding hydrogens is 297 g/mol. The fourth-order valence-electron chi connectivity index (χ4n) is 2.02. The Bertz CT molecular complexity index is 813. The first-order valence-electron chi connectivity index (χ1n) is 6.33. The second-order valence-corrected chi connectivity index (χ2v) is 4.59. The average Bonchev–Trinajstić information content (AvgIpc) is 2.87. The molecule has 22 heavy (non-hydrogen) atoms. The molecule has 0 radical (unpaired) electrons. The van der Waals surface area contributed by atoms with Crippen LogP contribution in [0.15, 0.2) is 42.6 Å². The molecule has 0 bridgehead atoms. The number of nitrogens with zero attached hydrogens (tertiary/aromatic N) is 3. The summed E-state index contributed by atoms with van der Waals surface area (Å²) < 4.78 is 45.5. The molecule has 114 valence electrons. The van der Waals surface area contributed by atoms with E-state index >= 15 is 0 Å². The summed E-state index contributed by atoms with van der Waals surface area (Å²) >= 11 is 0. The first kappa shape index (κ1) is 14.2. The number of nitrogen functional groups attached to an aromatic ring is 1. The highest BCUT2D eigenvalue weighted by Crippen LogP contribution is 2.36. The van der Waals surface area contributed by atoms with Crippen molar-refractivity contribution in [2.45, 2.75) is 12.8 Å². The van der Waals surface area contributed by atoms with Gasteiger partial charge in [0.05, 0.1) is 5.56 Å². The van der Waals surface area contributed by atoms with Crippen LogP contribution in [0.25, 0.3) is 5.65 Å². The number of fused-ring (bicyclic) bond motifs is 1. The number of nitrogens with two attached hydrogens (primary N) is 1. The highest BCUT2D eigenvalue weighted by molar-refractivity contribution is 5.47. The van der Waals surface area contributed by atoms with E-state index in [-0.39, 0.29) is 12.4 Å². The number of para-hydroxylation sites is 1. The van der Waals surface area contributed by atoms with Crippen molar-refractivity contribution in [1.29, 1.82) is 0 Å². The Morgan fingerprint density at radius 2 is 1.86 bits per heavy atom. The highest BCUT2D eigenvalue weighted by atomic mass is 19.4. The van der Waals surface area contributed by atoms with Gasteiger partial charge in [0, 0.05) is 11.9 Å². The molecule has 0 aliphatic carbocycles. The van der Waals surface area contributed by atoms with Crippen molar-refractivity contribution in [2.24, 2.45) is 0 Å². The number of ether oxygens (including phenoxy) is 1. The van der Waals surface area contributed by atoms with Gasteiger partial charge in [-0.3, -0.25) is 4.40 Å². The summed E-state index contributed by atoms with van der Waals surface area (Å²) in [5, 5.41) is 7.79. The van der Waals surface area contributed by atoms with E-state index in [1.54, 1.807) is 22.7 Å². The Labute approximate surface area is 123 Å². The Balaban J connectivity index is 1.87. The lowest BCUT2D eigenvalue weighted by Crippen LogP contribution is -2.09. The maximum Gasteiger partial charge on any atom is 0.419 e. The number of anilines is 1. The van der Waals surface area contributed by atoms with E-state index in [0.717, 1.165) is 6.07 Å². The Hall–Kier alpha value is -2.77. The lowest BCUT2D eigenvalue weighted by atomic mass is 10.2. The van der Waals surface area contributed by atoms with Crippen LogP contribution < -0.4 is 10.5 Å². The molecule has 5 nitrogen and oxygen atoms in total. The summed E-state index contributed by atoms with van der Waals surface area (Å²) in [7, 11) is 0. The third kappa shape index (κ3) is 2.67. The fraction of sp³-hybridized carbons (Fsp3) is 0.143. The van der Waals surface area contributed by atoms with E-state index in [1.807, 2.05) is 0 Å². The van der Waals surface area contributed by atoms with Crippen LogP contribution in [-0.4, -0.2) is 14.6 Å². The van der Waals surface area contributed by atoms with Crippen LogP contribution in [0.3, 0.4) is 0 Å². The third-order valence-electron chi connectivity index (χ3n) is 3.05. The van der Waals surface area contributed by atoms with Gasteiger partial charge in [-0.1, -0.05) is 12.1 Å². The topological polar surface area (TPSA) is 65.4 Å². The quantitative estimate of drug-likeness (QED) is 0.808. The molecule has 2 N–H and O–H groups in total. The number of rotatable bonds is 3. The highest BCUT2D eigenvalue weighted by Gasteiger charge is 2.34. The maximum atomic E-state index is 12.9. The van der Waals surface area contributed by atoms with Crippen molar-refractivity contribution in [2.75, 3.05) is 5.73 Å². The van der Waals surface area contributed by atoms with Gasteiger partial charge in [0.2, 0.25) is 0 Å². The number of pyridine rings is 1. The Morgan fingerprint density at radius 1 is 1.09 bits per heavy atom. The van der Waals surface area contributed by atoms with E-state index in [2.05, 4.69) is 10.2 Å². The molecule has 0 fully saturated rings. The van der Waals surface area contributed by atoms with Crippen LogP contribution in [0, 0.1) is 0 Å². The molecule has 0 atom stereocenters. The number of hydrogen-bond donors (Lipinski definition) is 1. The molecule has 0 amide bonds. The third-order valence-corrected chi connectivity index (χ3v) is 3.05. The van der Waals surface area contributed by atoms with Gasteiger partial charge in [-0.25, -0.2) is 0 Å². The van der Waals surface area contributed by atoms with Crippen LogP contribution in [-0.2, 0) is 12.8 Å². The van der Waals surface area contributed by atoms with Crippen LogP contribution >= 0.6 is 0 Å². The van der Waals surface area contributed by atoms with Crippen molar-refractivity contribution in [3.8, 4) is 5.75 Å². The minimum atomic E-state index is -4.48. The zero-order valence-corrected chi connectivity index (χ0v) is 11.2. The van der Waals surface area contributed by atoms with Crippen molar-refractivity contribution in [1.82, 2.24) is 14.6 Å². The van der Waals surface area contributed by atoms with Gasteiger partial charge < -0.3 is 10.5 Å². The molecule has 3 aromatic rings. The molecule has 0 saturated carbocycles. The van der Waals surface area contributed by atoms with Gasteiger partial charge in [-0.2, -0.15) is 13.2 Å². The molecule has 0 spiro atoms. The van der Waals surface area contributed by atoms with E-state index < -0.39 is 11.7 Å². The SMILES string of the molecule is Nc1ccc2nnc(COc3ccccc3C(F)(F)F)n2c1. The molecule has 8 heteroatoms. The molecule has 1 aromatic carbocycles. The molecule has 0 unspecified atom stereocenters. The van der Waals surface area contributed by atoms with Crippen LogP contribution in [0.2, 0.25) is 0 Å². The van der Waals surface area contributed by atoms with Crippen LogP contribution in [0.1, 0.15) is 11.4 Å². The molecule has 0 aliphatic rings. The normalized spacial score (nSPS) is 11.8. The van der Waals surface area contributed by atoms with Crippen molar-refractivity contribution in [3.63, 3.8) is 0 Å². The number of aromatic nitrogens is 3. The smallest absolute Gasteiger partial charge is 0.419 e. The average molecular weight is 308 g/mol. The van der Waals surface area contributed by atoms with E-state index in [4.69, 9.17) is 10.5 Å². The molecule has 2 heterocycles. The summed E-state index contributed by atoms with van der Waals surface area (Å²) in [6.07, 6.45) is -2.89. The standard InChI is InChI=1S/C14H11F3N4O/c15-14(16,17)10-3-1-2-4-11(10)22-8-13-20-19-12-6-5-9(18)7-21(12)13/h1-7H,8,18H2. The molecule has 0 saturated heterocycles. The predicted octanol–water partition coefficient (Wildman–Crippen LogP) is 2.91. The van der Waals surface area contributed by atoms with Gasteiger partial charge in [0.25, 0.3) is 0 Å². The Morgan fingerprint density at radius 3 is 2.64 bits per heavy atom. The molecule has 3 rings (SSSR count). The summed E-state index contributed by atoms with van der Waals surface area (Å²) in [6, 6.07) is 8.34. The van der Waals surface area contributed by atoms with Gasteiger partial charge in [-0.15, -0.1) is 10.2 Å². The second kappa shape index (κ2) is 5.21. The first-order chi connectivity index (χ1) is 10.4. The van der Waals surface area contributed by atoms with Gasteiger partial charge >= 0.3 is 6.18 Å². The number of benzene rings is 1. The van der Waals surface area contributed by atoms with Crippen LogP contribution in [0.4, 0.5) is 18.9 Å². The second-order valence-electron chi connectivity index (χ2n) is 4.59. The minimum absolute atomic E-state index is 0.155. The number of alkyl halides is 3. The maximum absolute atomic E-state index is 12.9. The van der Waals surface area contributed by atoms with Gasteiger partial charge in [0.1, 0.15) is 12.4 Å². The largest absolute Gasteiger partial charge is 0.485 e. The summed E-state index contributed by atoms with van der Waals surface area (Å²) in [5.74, 6) is 0.106. The van der Waals surface area contributed by atoms with Crippen molar-refractivity contribution in [3.05, 3.63) is 54.0 Å². The zero-order valence-electron chi connectivity index (χ0n) is 11.2.